The molecular formula is C27H38N4O5S. The number of methoxy groups -OCH3 is 1. The lowest BCUT2D eigenvalue weighted by Gasteiger charge is -2.37. The predicted molar refractivity (Wildman–Crippen MR) is 146 cm³/mol. The number of aliphatic hydroxyl groups is 1. The first kappa shape index (κ1) is 28.5. The van der Waals surface area contributed by atoms with Gasteiger partial charge in [0.05, 0.1) is 24.5 Å². The molecule has 202 valence electrons. The van der Waals surface area contributed by atoms with Crippen molar-refractivity contribution in [2.24, 2.45) is 10.4 Å². The molecule has 1 aliphatic heterocycles. The number of rotatable bonds is 11. The highest BCUT2D eigenvalue weighted by atomic mass is 32.2. The number of hydrogen-bond donors (Lipinski definition) is 2. The summed E-state index contributed by atoms with van der Waals surface area (Å²) in [6.07, 6.45) is 12.6. The van der Waals surface area contributed by atoms with Crippen LogP contribution in [0.1, 0.15) is 38.2 Å². The number of aliphatic imine (C=N–C) groups is 1. The van der Waals surface area contributed by atoms with Crippen LogP contribution in [0.3, 0.4) is 0 Å². The SMILES string of the molecule is CC\C=C/C=C\C(=C\O)N=C(c1cccc(OC)c1)N1CCN(CCC2(C(=O)NS(C)(=O)=O)CC2)CC1. The molecule has 2 aliphatic rings. The Morgan fingerprint density at radius 2 is 1.95 bits per heavy atom. The lowest BCUT2D eigenvalue weighted by molar-refractivity contribution is -0.124. The Labute approximate surface area is 220 Å². The van der Waals surface area contributed by atoms with Gasteiger partial charge in [0.2, 0.25) is 15.9 Å². The van der Waals surface area contributed by atoms with Gasteiger partial charge in [0.15, 0.2) is 0 Å². The van der Waals surface area contributed by atoms with Gasteiger partial charge in [0.1, 0.15) is 17.8 Å². The quantitative estimate of drug-likeness (QED) is 0.196. The Morgan fingerprint density at radius 3 is 2.54 bits per heavy atom. The predicted octanol–water partition coefficient (Wildman–Crippen LogP) is 3.23. The minimum Gasteiger partial charge on any atom is -0.513 e. The number of sulfonamides is 1. The summed E-state index contributed by atoms with van der Waals surface area (Å²) < 4.78 is 30.5. The van der Waals surface area contributed by atoms with Crippen LogP contribution >= 0.6 is 0 Å². The average Bonchev–Trinajstić information content (AvgIpc) is 3.68. The minimum absolute atomic E-state index is 0.383. The number of piperazine rings is 1. The molecule has 1 aromatic carbocycles. The monoisotopic (exact) mass is 530 g/mol. The first-order valence-electron chi connectivity index (χ1n) is 12.6. The summed E-state index contributed by atoms with van der Waals surface area (Å²) in [5.41, 5.74) is 0.764. The first-order valence-corrected chi connectivity index (χ1v) is 14.5. The van der Waals surface area contributed by atoms with Gasteiger partial charge in [0.25, 0.3) is 0 Å². The van der Waals surface area contributed by atoms with Crippen molar-refractivity contribution in [1.82, 2.24) is 14.5 Å². The molecule has 2 fully saturated rings. The van der Waals surface area contributed by atoms with Gasteiger partial charge < -0.3 is 14.7 Å². The average molecular weight is 531 g/mol. The van der Waals surface area contributed by atoms with Crippen molar-refractivity contribution >= 4 is 21.8 Å². The van der Waals surface area contributed by atoms with E-state index in [1.165, 1.54) is 0 Å². The maximum atomic E-state index is 12.4. The highest BCUT2D eigenvalue weighted by Crippen LogP contribution is 2.49. The number of allylic oxidation sites excluding steroid dienone is 4. The second-order valence-corrected chi connectivity index (χ2v) is 11.2. The number of ether oxygens (including phenoxy) is 1. The topological polar surface area (TPSA) is 112 Å². The molecule has 1 saturated heterocycles. The van der Waals surface area contributed by atoms with Crippen LogP contribution in [-0.4, -0.2) is 81.2 Å². The third kappa shape index (κ3) is 8.46. The molecule has 1 heterocycles. The molecule has 37 heavy (non-hydrogen) atoms. The van der Waals surface area contributed by atoms with E-state index < -0.39 is 15.4 Å². The molecule has 1 amide bonds. The summed E-state index contributed by atoms with van der Waals surface area (Å²) in [6.45, 7) is 5.78. The van der Waals surface area contributed by atoms with Crippen molar-refractivity contribution in [2.45, 2.75) is 32.6 Å². The van der Waals surface area contributed by atoms with E-state index in [1.807, 2.05) is 42.5 Å². The van der Waals surface area contributed by atoms with Crippen molar-refractivity contribution in [3.8, 4) is 5.75 Å². The minimum atomic E-state index is -3.55. The Balaban J connectivity index is 1.69. The van der Waals surface area contributed by atoms with Crippen molar-refractivity contribution in [3.63, 3.8) is 0 Å². The van der Waals surface area contributed by atoms with Crippen LogP contribution in [0, 0.1) is 5.41 Å². The number of carbonyl (C=O) groups is 1. The Bertz CT molecular complexity index is 1160. The summed E-state index contributed by atoms with van der Waals surface area (Å²) >= 11 is 0. The molecule has 2 N–H and O–H groups in total. The standard InChI is InChI=1S/C27H38N4O5S/c1-4-5-6-7-10-23(21-32)28-25(22-9-8-11-24(20-22)36-2)31-18-16-30(17-19-31)15-14-27(12-13-27)26(33)29-37(3,34)35/h5-11,20-21,32H,4,12-19H2,1-3H3,(H,29,33)/b6-5-,10-7-,23-21-,28-25?. The largest absolute Gasteiger partial charge is 0.513 e. The zero-order chi connectivity index (χ0) is 26.9. The van der Waals surface area contributed by atoms with Crippen LogP contribution < -0.4 is 9.46 Å². The number of benzene rings is 1. The number of nitrogens with one attached hydrogen (secondary N) is 1. The third-order valence-corrected chi connectivity index (χ3v) is 7.19. The summed E-state index contributed by atoms with van der Waals surface area (Å²) in [4.78, 5) is 21.7. The highest BCUT2D eigenvalue weighted by molar-refractivity contribution is 7.89. The van der Waals surface area contributed by atoms with Crippen LogP contribution in [0.2, 0.25) is 0 Å². The van der Waals surface area contributed by atoms with Crippen molar-refractivity contribution < 1.29 is 23.1 Å². The lowest BCUT2D eigenvalue weighted by Crippen LogP contribution is -2.49. The van der Waals surface area contributed by atoms with Crippen LogP contribution in [0.4, 0.5) is 0 Å². The Morgan fingerprint density at radius 1 is 1.22 bits per heavy atom. The van der Waals surface area contributed by atoms with E-state index in [-0.39, 0.29) is 5.91 Å². The van der Waals surface area contributed by atoms with Crippen molar-refractivity contribution in [2.75, 3.05) is 46.1 Å². The van der Waals surface area contributed by atoms with Crippen LogP contribution in [0.25, 0.3) is 0 Å². The molecule has 1 aromatic rings. The van der Waals surface area contributed by atoms with Gasteiger partial charge in [-0.3, -0.25) is 14.4 Å². The molecule has 0 spiro atoms. The number of nitrogens with zero attached hydrogens (tertiary/aromatic N) is 3. The smallest absolute Gasteiger partial charge is 0.239 e. The lowest BCUT2D eigenvalue weighted by atomic mass is 10.0. The number of hydrogen-bond acceptors (Lipinski definition) is 7. The van der Waals surface area contributed by atoms with E-state index in [2.05, 4.69) is 21.4 Å². The molecule has 0 radical (unpaired) electrons. The van der Waals surface area contributed by atoms with Gasteiger partial charge in [-0.2, -0.15) is 0 Å². The van der Waals surface area contributed by atoms with Gasteiger partial charge in [-0.05, 0) is 50.4 Å². The zero-order valence-corrected chi connectivity index (χ0v) is 22.7. The van der Waals surface area contributed by atoms with Crippen molar-refractivity contribution in [3.05, 3.63) is 66.1 Å². The molecule has 0 unspecified atom stereocenters. The molecule has 1 saturated carbocycles. The molecule has 0 bridgehead atoms. The molecule has 9 nitrogen and oxygen atoms in total. The summed E-state index contributed by atoms with van der Waals surface area (Å²) in [7, 11) is -1.93. The Hall–Kier alpha value is -3.11. The van der Waals surface area contributed by atoms with E-state index in [9.17, 15) is 18.3 Å². The first-order chi connectivity index (χ1) is 17.7. The zero-order valence-electron chi connectivity index (χ0n) is 21.9. The highest BCUT2D eigenvalue weighted by Gasteiger charge is 2.50. The fraction of sp³-hybridized carbons (Fsp3) is 0.481. The molecule has 0 aromatic heterocycles. The molecule has 1 aliphatic carbocycles. The number of aliphatic hydroxyl groups excluding tert-OH is 1. The maximum Gasteiger partial charge on any atom is 0.239 e. The summed E-state index contributed by atoms with van der Waals surface area (Å²) in [6, 6.07) is 7.70. The second-order valence-electron chi connectivity index (χ2n) is 9.48. The van der Waals surface area contributed by atoms with Gasteiger partial charge >= 0.3 is 0 Å². The van der Waals surface area contributed by atoms with E-state index in [1.54, 1.807) is 13.2 Å². The van der Waals surface area contributed by atoms with E-state index in [0.717, 1.165) is 81.7 Å². The fourth-order valence-electron chi connectivity index (χ4n) is 4.25. The van der Waals surface area contributed by atoms with Gasteiger partial charge in [-0.25, -0.2) is 13.4 Å². The normalized spacial score (nSPS) is 18.9. The Kier molecular flexibility index (Phi) is 9.93. The van der Waals surface area contributed by atoms with E-state index in [0.29, 0.717) is 12.1 Å². The fourth-order valence-corrected chi connectivity index (χ4v) is 4.81. The van der Waals surface area contributed by atoms with Gasteiger partial charge in [0, 0.05) is 31.7 Å². The third-order valence-electron chi connectivity index (χ3n) is 6.64. The second kappa shape index (κ2) is 12.9. The van der Waals surface area contributed by atoms with E-state index >= 15 is 0 Å². The van der Waals surface area contributed by atoms with Crippen LogP contribution in [-0.2, 0) is 14.8 Å². The van der Waals surface area contributed by atoms with Gasteiger partial charge in [-0.1, -0.05) is 37.3 Å². The number of amidine groups is 1. The molecular weight excluding hydrogens is 492 g/mol. The van der Waals surface area contributed by atoms with Crippen molar-refractivity contribution in [1.29, 1.82) is 0 Å². The van der Waals surface area contributed by atoms with E-state index in [4.69, 9.17) is 9.73 Å². The number of amides is 1. The maximum absolute atomic E-state index is 12.4. The number of carbonyl (C=O) groups excluding carboxylic acids is 1. The molecule has 3 rings (SSSR count). The molecule has 10 heteroatoms. The molecule has 0 atom stereocenters. The van der Waals surface area contributed by atoms with Crippen LogP contribution in [0.15, 0.2) is 65.5 Å². The summed E-state index contributed by atoms with van der Waals surface area (Å²) in [5, 5.41) is 9.82. The van der Waals surface area contributed by atoms with Crippen LogP contribution in [0.5, 0.6) is 5.75 Å². The van der Waals surface area contributed by atoms with Gasteiger partial charge in [-0.15, -0.1) is 0 Å². The summed E-state index contributed by atoms with van der Waals surface area (Å²) in [5.74, 6) is 1.09.